The summed E-state index contributed by atoms with van der Waals surface area (Å²) < 4.78 is 69.9. The second-order valence-corrected chi connectivity index (χ2v) is 20.1. The van der Waals surface area contributed by atoms with Gasteiger partial charge in [0, 0.05) is 47.8 Å². The summed E-state index contributed by atoms with van der Waals surface area (Å²) in [4.78, 5) is 87.7. The number of carbonyl (C=O) groups excluding carboxylic acids is 6. The molecule has 0 saturated carbocycles. The highest BCUT2D eigenvalue weighted by molar-refractivity contribution is 7.32. The summed E-state index contributed by atoms with van der Waals surface area (Å²) in [5.74, 6) is -8.88. The lowest BCUT2D eigenvalue weighted by molar-refractivity contribution is -0.164. The van der Waals surface area contributed by atoms with Crippen LogP contribution in [0.2, 0.25) is 0 Å². The second kappa shape index (κ2) is 16.1. The Balaban J connectivity index is 0.999. The first-order chi connectivity index (χ1) is 33.8. The van der Waals surface area contributed by atoms with Crippen molar-refractivity contribution in [2.24, 2.45) is 0 Å². The van der Waals surface area contributed by atoms with E-state index >= 15 is 9.59 Å². The van der Waals surface area contributed by atoms with Crippen LogP contribution in [0.15, 0.2) is 132 Å². The molecule has 3 heterocycles. The Morgan fingerprint density at radius 2 is 0.886 bits per heavy atom. The van der Waals surface area contributed by atoms with Gasteiger partial charge in [-0.05, 0) is 105 Å². The van der Waals surface area contributed by atoms with Crippen molar-refractivity contribution in [3.05, 3.63) is 210 Å². The minimum atomic E-state index is -2.28. The van der Waals surface area contributed by atoms with Crippen molar-refractivity contribution in [3.8, 4) is 9.75 Å². The number of halogens is 4. The van der Waals surface area contributed by atoms with Crippen LogP contribution in [0.25, 0.3) is 52.9 Å². The number of ketones is 4. The van der Waals surface area contributed by atoms with Gasteiger partial charge in [-0.15, -0.1) is 34.0 Å². The fraction of sp³-hybridized carbons (Fsp3) is 0.0545. The minimum absolute atomic E-state index is 0.0119. The molecule has 0 spiro atoms. The number of thiophene rings is 3. The number of allylic oxidation sites excluding steroid dienone is 2. The molecule has 0 unspecified atom stereocenters. The molecule has 0 aliphatic heterocycles. The lowest BCUT2D eigenvalue weighted by Gasteiger charge is -2.26. The van der Waals surface area contributed by atoms with Gasteiger partial charge in [0.2, 0.25) is 5.41 Å². The average Bonchev–Trinajstić information content (AvgIpc) is 4.18. The van der Waals surface area contributed by atoms with Crippen molar-refractivity contribution in [2.75, 3.05) is 0 Å². The maximum Gasteiger partial charge on any atom is 0.333 e. The van der Waals surface area contributed by atoms with E-state index in [1.54, 1.807) is 72.8 Å². The molecule has 0 bridgehead atoms. The molecule has 0 saturated heterocycles. The molecule has 0 N–H and O–H groups in total. The third-order valence-corrected chi connectivity index (χ3v) is 16.3. The second-order valence-electron chi connectivity index (χ2n) is 16.9. The van der Waals surface area contributed by atoms with Crippen LogP contribution in [0, 0.1) is 23.3 Å². The molecule has 340 valence electrons. The van der Waals surface area contributed by atoms with Gasteiger partial charge < -0.3 is 9.47 Å². The summed E-state index contributed by atoms with van der Waals surface area (Å²) in [6, 6.07) is 30.2. The van der Waals surface area contributed by atoms with E-state index in [2.05, 4.69) is 0 Å². The number of Topliss-reactive ketones (excluding diaryl/α,β-unsaturated/α-hetero) is 4. The van der Waals surface area contributed by atoms with Crippen LogP contribution in [0.3, 0.4) is 0 Å². The molecule has 0 radical (unpaired) electrons. The van der Waals surface area contributed by atoms with Gasteiger partial charge in [0.05, 0.1) is 25.6 Å². The van der Waals surface area contributed by atoms with Crippen molar-refractivity contribution >= 4 is 112 Å². The summed E-state index contributed by atoms with van der Waals surface area (Å²) >= 11 is 3.48. The average molecular weight is 987 g/mol. The number of hydrogen-bond acceptors (Lipinski definition) is 11. The maximum absolute atomic E-state index is 15.2. The van der Waals surface area contributed by atoms with Gasteiger partial charge in [0.15, 0.2) is 46.4 Å². The molecule has 6 aromatic carbocycles. The predicted octanol–water partition coefficient (Wildman–Crippen LogP) is 12.6. The molecule has 12 rings (SSSR count). The largest absolute Gasteiger partial charge is 0.459 e. The van der Waals surface area contributed by atoms with E-state index in [9.17, 15) is 36.7 Å². The van der Waals surface area contributed by atoms with Gasteiger partial charge in [-0.25, -0.2) is 17.6 Å². The summed E-state index contributed by atoms with van der Waals surface area (Å²) in [7, 11) is 0. The van der Waals surface area contributed by atoms with Crippen molar-refractivity contribution < 1.29 is 55.8 Å². The number of hydrogen-bond donors (Lipinski definition) is 0. The van der Waals surface area contributed by atoms with Gasteiger partial charge in [0.1, 0.15) is 13.2 Å². The van der Waals surface area contributed by atoms with Crippen molar-refractivity contribution in [3.63, 3.8) is 0 Å². The Hall–Kier alpha value is -7.98. The monoisotopic (exact) mass is 986 g/mol. The standard InChI is InChI=1S/C55H26F4O8S3/c56-40-15-27-11-33-34(12-28(27)16-41(40)57)47(61)37(46(33)60)19-31-21-39-50(68-31)52-45(55(39,53(64)66-23-25-7-3-1-4-8-25)54(65)67-24-26-9-5-2-6-10-26)51-44(70-52)22-32(69-51)20-38-48(62)35-13-29-17-42(58)43(59)18-30(29)14-36(35)49(38)63/h1-22H,23-24H2. The normalized spacial score (nSPS) is 14.4. The zero-order valence-corrected chi connectivity index (χ0v) is 38.1. The third kappa shape index (κ3) is 6.60. The Labute approximate surface area is 404 Å². The minimum Gasteiger partial charge on any atom is -0.459 e. The molecular weight excluding hydrogens is 961 g/mol. The van der Waals surface area contributed by atoms with Crippen molar-refractivity contribution in [2.45, 2.75) is 18.6 Å². The predicted molar refractivity (Wildman–Crippen MR) is 257 cm³/mol. The van der Waals surface area contributed by atoms with Crippen LogP contribution < -0.4 is 0 Å². The molecule has 9 aromatic rings. The van der Waals surface area contributed by atoms with Crippen LogP contribution in [-0.2, 0) is 37.7 Å². The van der Waals surface area contributed by atoms with Crippen LogP contribution in [0.1, 0.15) is 73.4 Å². The fourth-order valence-corrected chi connectivity index (χ4v) is 13.4. The molecule has 3 aliphatic carbocycles. The zero-order valence-electron chi connectivity index (χ0n) is 35.6. The van der Waals surface area contributed by atoms with E-state index in [0.717, 1.165) is 46.9 Å². The number of ether oxygens (including phenoxy) is 2. The van der Waals surface area contributed by atoms with Gasteiger partial charge in [0.25, 0.3) is 0 Å². The van der Waals surface area contributed by atoms with Crippen LogP contribution in [0.4, 0.5) is 17.6 Å². The van der Waals surface area contributed by atoms with E-state index in [0.29, 0.717) is 40.0 Å². The zero-order chi connectivity index (χ0) is 48.3. The molecule has 3 aliphatic rings. The van der Waals surface area contributed by atoms with Gasteiger partial charge >= 0.3 is 11.9 Å². The lowest BCUT2D eigenvalue weighted by Crippen LogP contribution is -2.45. The molecule has 0 fully saturated rings. The number of rotatable bonds is 8. The Morgan fingerprint density at radius 1 is 0.486 bits per heavy atom. The maximum atomic E-state index is 15.2. The van der Waals surface area contributed by atoms with Crippen LogP contribution in [-0.4, -0.2) is 35.1 Å². The Bertz CT molecular complexity index is 3780. The number of esters is 2. The third-order valence-electron chi connectivity index (χ3n) is 12.7. The SMILES string of the molecule is O=C1C(=Cc2cc3c(s2)-c2sc4cc(C=C5C(=O)c6cc7cc(F)c(F)cc7cc6C5=O)sc4c2C3(C(=O)OCc2ccccc2)C(=O)OCc2ccccc2)C(=O)c2cc3cc(F)c(F)cc3cc21. The summed E-state index contributed by atoms with van der Waals surface area (Å²) in [6.07, 6.45) is 2.79. The highest BCUT2D eigenvalue weighted by Crippen LogP contribution is 2.61. The highest BCUT2D eigenvalue weighted by Gasteiger charge is 2.61. The molecule has 0 amide bonds. The lowest BCUT2D eigenvalue weighted by atomic mass is 9.79. The van der Waals surface area contributed by atoms with E-state index in [1.807, 2.05) is 0 Å². The van der Waals surface area contributed by atoms with Crippen LogP contribution in [0.5, 0.6) is 0 Å². The summed E-state index contributed by atoms with van der Waals surface area (Å²) in [5, 5.41) is 0.931. The molecule has 8 nitrogen and oxygen atoms in total. The van der Waals surface area contributed by atoms with Crippen LogP contribution >= 0.6 is 34.0 Å². The smallest absolute Gasteiger partial charge is 0.333 e. The Morgan fingerprint density at radius 3 is 1.30 bits per heavy atom. The summed E-state index contributed by atoms with van der Waals surface area (Å²) in [5.41, 5.74) is -0.907. The number of fused-ring (bicyclic) bond motifs is 9. The van der Waals surface area contributed by atoms with Crippen molar-refractivity contribution in [1.29, 1.82) is 0 Å². The first-order valence-corrected chi connectivity index (χ1v) is 23.8. The highest BCUT2D eigenvalue weighted by atomic mass is 32.1. The van der Waals surface area contributed by atoms with Crippen molar-refractivity contribution in [1.82, 2.24) is 0 Å². The number of carbonyl (C=O) groups is 6. The summed E-state index contributed by atoms with van der Waals surface area (Å²) in [6.45, 7) is -0.451. The first-order valence-electron chi connectivity index (χ1n) is 21.4. The molecular formula is C55H26F4O8S3. The van der Waals surface area contributed by atoms with E-state index < -0.39 is 63.8 Å². The topological polar surface area (TPSA) is 121 Å². The van der Waals surface area contributed by atoms with E-state index in [-0.39, 0.29) is 79.3 Å². The quantitative estimate of drug-likeness (QED) is 0.0485. The molecule has 3 aromatic heterocycles. The van der Waals surface area contributed by atoms with Gasteiger partial charge in [-0.3, -0.25) is 28.8 Å². The Kier molecular flexibility index (Phi) is 9.93. The fourth-order valence-electron chi connectivity index (χ4n) is 9.38. The van der Waals surface area contributed by atoms with E-state index in [1.165, 1.54) is 47.8 Å². The first kappa shape index (κ1) is 43.3. The molecule has 15 heteroatoms. The number of benzene rings is 6. The van der Waals surface area contributed by atoms with E-state index in [4.69, 9.17) is 9.47 Å². The van der Waals surface area contributed by atoms with Gasteiger partial charge in [-0.1, -0.05) is 60.7 Å². The molecule has 0 atom stereocenters. The molecule has 70 heavy (non-hydrogen) atoms. The van der Waals surface area contributed by atoms with Gasteiger partial charge in [-0.2, -0.15) is 0 Å².